The van der Waals surface area contributed by atoms with Crippen molar-refractivity contribution in [2.24, 2.45) is 0 Å². The lowest BCUT2D eigenvalue weighted by Crippen LogP contribution is -2.54. The quantitative estimate of drug-likeness (QED) is 0.221. The molecule has 2 amide bonds. The number of hydrogen-bond acceptors (Lipinski definition) is 5. The van der Waals surface area contributed by atoms with E-state index in [0.717, 1.165) is 10.9 Å². The fourth-order valence-corrected chi connectivity index (χ4v) is 3.87. The van der Waals surface area contributed by atoms with Gasteiger partial charge in [-0.1, -0.05) is 30.3 Å². The molecule has 184 valence electrons. The summed E-state index contributed by atoms with van der Waals surface area (Å²) in [6.45, 7) is 0. The summed E-state index contributed by atoms with van der Waals surface area (Å²) in [7, 11) is 0. The molecule has 3 aromatic rings. The topological polar surface area (TPSA) is 149 Å². The molecule has 0 aliphatic heterocycles. The molecule has 5 N–H and O–H groups in total. The van der Waals surface area contributed by atoms with E-state index in [1.54, 1.807) is 12.3 Å². The maximum Gasteiger partial charge on any atom is 0.326 e. The Kier molecular flexibility index (Phi) is 8.48. The number of aromatic nitrogens is 1. The number of hydrogen-bond donors (Lipinski definition) is 6. The van der Waals surface area contributed by atoms with Gasteiger partial charge in [-0.05, 0) is 35.7 Å². The second kappa shape index (κ2) is 11.5. The number of para-hydroxylation sites is 1. The van der Waals surface area contributed by atoms with Gasteiger partial charge in [-0.15, -0.1) is 0 Å². The third-order valence-electron chi connectivity index (χ3n) is 5.37. The number of H-pyrrole nitrogens is 1. The van der Waals surface area contributed by atoms with Crippen LogP contribution in [0.1, 0.15) is 17.5 Å². The first-order chi connectivity index (χ1) is 16.6. The standard InChI is InChI=1S/C24H24FN3O6S/c25-15-7-5-13(6-8-15)9-20(35)23(32)27-18(11-21(29)30)22(31)28-19(24(33)34)10-14-12-26-17-4-2-1-3-16(14)17/h1-8,12,18-20,26,35H,9-11H2,(H,27,32)(H,28,31)(H,29,30)(H,33,34)/t18?,19-,20-/m0/s1. The minimum atomic E-state index is -1.52. The molecule has 1 heterocycles. The maximum atomic E-state index is 13.1. The largest absolute Gasteiger partial charge is 0.481 e. The van der Waals surface area contributed by atoms with E-state index in [9.17, 15) is 33.8 Å². The molecule has 0 spiro atoms. The normalized spacial score (nSPS) is 13.5. The van der Waals surface area contributed by atoms with Crippen LogP contribution < -0.4 is 10.6 Å². The molecule has 9 nitrogen and oxygen atoms in total. The number of rotatable bonds is 11. The van der Waals surface area contributed by atoms with Crippen molar-refractivity contribution in [1.29, 1.82) is 0 Å². The summed E-state index contributed by atoms with van der Waals surface area (Å²) < 4.78 is 13.1. The summed E-state index contributed by atoms with van der Waals surface area (Å²) in [5.41, 5.74) is 2.07. The first-order valence-electron chi connectivity index (χ1n) is 10.7. The van der Waals surface area contributed by atoms with Gasteiger partial charge in [0.05, 0.1) is 11.7 Å². The molecular formula is C24H24FN3O6S. The van der Waals surface area contributed by atoms with Crippen LogP contribution in [-0.4, -0.2) is 56.3 Å². The van der Waals surface area contributed by atoms with Gasteiger partial charge in [0.15, 0.2) is 0 Å². The van der Waals surface area contributed by atoms with Crippen molar-refractivity contribution in [3.05, 3.63) is 71.7 Å². The number of nitrogens with one attached hydrogen (secondary N) is 3. The highest BCUT2D eigenvalue weighted by Crippen LogP contribution is 2.19. The monoisotopic (exact) mass is 501 g/mol. The van der Waals surface area contributed by atoms with Crippen LogP contribution in [0.4, 0.5) is 4.39 Å². The predicted octanol–water partition coefficient (Wildman–Crippen LogP) is 1.92. The highest BCUT2D eigenvalue weighted by molar-refractivity contribution is 7.81. The number of thiol groups is 1. The molecule has 2 aromatic carbocycles. The van der Waals surface area contributed by atoms with Crippen molar-refractivity contribution >= 4 is 47.3 Å². The molecule has 0 saturated heterocycles. The minimum absolute atomic E-state index is 0.0570. The molecular weight excluding hydrogens is 477 g/mol. The number of carboxylic acid groups (broad SMARTS) is 2. The van der Waals surface area contributed by atoms with Crippen molar-refractivity contribution < 1.29 is 33.8 Å². The Hall–Kier alpha value is -3.86. The van der Waals surface area contributed by atoms with Gasteiger partial charge in [-0.2, -0.15) is 12.6 Å². The van der Waals surface area contributed by atoms with Gasteiger partial charge in [-0.3, -0.25) is 14.4 Å². The van der Waals surface area contributed by atoms with E-state index in [0.29, 0.717) is 11.1 Å². The molecule has 1 unspecified atom stereocenters. The Labute approximate surface area is 205 Å². The van der Waals surface area contributed by atoms with Crippen molar-refractivity contribution in [3.8, 4) is 0 Å². The van der Waals surface area contributed by atoms with Gasteiger partial charge in [0.2, 0.25) is 11.8 Å². The van der Waals surface area contributed by atoms with E-state index < -0.39 is 53.3 Å². The van der Waals surface area contributed by atoms with Gasteiger partial charge in [0.25, 0.3) is 0 Å². The Balaban J connectivity index is 1.68. The second-order valence-corrected chi connectivity index (χ2v) is 8.59. The lowest BCUT2D eigenvalue weighted by atomic mass is 10.0. The summed E-state index contributed by atoms with van der Waals surface area (Å²) in [6, 6.07) is 9.80. The molecule has 0 radical (unpaired) electrons. The Morgan fingerprint density at radius 1 is 0.914 bits per heavy atom. The number of halogens is 1. The van der Waals surface area contributed by atoms with Crippen LogP contribution in [0.15, 0.2) is 54.7 Å². The fraction of sp³-hybridized carbons (Fsp3) is 0.250. The average molecular weight is 502 g/mol. The van der Waals surface area contributed by atoms with Crippen LogP contribution in [-0.2, 0) is 32.0 Å². The molecule has 35 heavy (non-hydrogen) atoms. The van der Waals surface area contributed by atoms with Crippen molar-refractivity contribution in [3.63, 3.8) is 0 Å². The smallest absolute Gasteiger partial charge is 0.326 e. The highest BCUT2D eigenvalue weighted by atomic mass is 32.1. The number of benzene rings is 2. The molecule has 0 saturated carbocycles. The second-order valence-electron chi connectivity index (χ2n) is 7.97. The summed E-state index contributed by atoms with van der Waals surface area (Å²) in [5.74, 6) is -4.78. The number of carbonyl (C=O) groups is 4. The number of aliphatic carboxylic acids is 2. The number of amides is 2. The van der Waals surface area contributed by atoms with Crippen LogP contribution in [0.2, 0.25) is 0 Å². The summed E-state index contributed by atoms with van der Waals surface area (Å²) >= 11 is 4.21. The van der Waals surface area contributed by atoms with Crippen molar-refractivity contribution in [2.75, 3.05) is 0 Å². The van der Waals surface area contributed by atoms with Gasteiger partial charge in [0.1, 0.15) is 17.9 Å². The number of aromatic amines is 1. The fourth-order valence-electron chi connectivity index (χ4n) is 3.58. The lowest BCUT2D eigenvalue weighted by molar-refractivity contribution is -0.143. The van der Waals surface area contributed by atoms with E-state index >= 15 is 0 Å². The average Bonchev–Trinajstić information content (AvgIpc) is 3.22. The van der Waals surface area contributed by atoms with E-state index in [1.807, 2.05) is 18.2 Å². The zero-order valence-corrected chi connectivity index (χ0v) is 19.3. The van der Waals surface area contributed by atoms with Crippen LogP contribution >= 0.6 is 12.6 Å². The lowest BCUT2D eigenvalue weighted by Gasteiger charge is -2.22. The van der Waals surface area contributed by atoms with Crippen LogP contribution in [0.5, 0.6) is 0 Å². The summed E-state index contributed by atoms with van der Waals surface area (Å²) in [5, 5.41) is 23.4. The summed E-state index contributed by atoms with van der Waals surface area (Å²) in [6.07, 6.45) is 0.936. The molecule has 1 aromatic heterocycles. The number of carbonyl (C=O) groups excluding carboxylic acids is 2. The summed E-state index contributed by atoms with van der Waals surface area (Å²) in [4.78, 5) is 51.6. The van der Waals surface area contributed by atoms with E-state index in [2.05, 4.69) is 28.2 Å². The first kappa shape index (κ1) is 25.8. The molecule has 11 heteroatoms. The number of carboxylic acids is 2. The zero-order chi connectivity index (χ0) is 25.5. The molecule has 0 aliphatic carbocycles. The van der Waals surface area contributed by atoms with Gasteiger partial charge >= 0.3 is 11.9 Å². The molecule has 0 aliphatic rings. The SMILES string of the molecule is O=C(O)CC(NC(=O)[C@@H](S)Cc1ccc(F)cc1)C(=O)N[C@@H](Cc1c[nH]c2ccccc12)C(=O)O. The highest BCUT2D eigenvalue weighted by Gasteiger charge is 2.30. The molecule has 0 bridgehead atoms. The van der Waals surface area contributed by atoms with Gasteiger partial charge in [0, 0.05) is 23.5 Å². The van der Waals surface area contributed by atoms with Gasteiger partial charge in [-0.25, -0.2) is 9.18 Å². The van der Waals surface area contributed by atoms with Crippen molar-refractivity contribution in [1.82, 2.24) is 15.6 Å². The zero-order valence-electron chi connectivity index (χ0n) is 18.4. The number of fused-ring (bicyclic) bond motifs is 1. The van der Waals surface area contributed by atoms with Gasteiger partial charge < -0.3 is 25.8 Å². The van der Waals surface area contributed by atoms with Crippen LogP contribution in [0.3, 0.4) is 0 Å². The van der Waals surface area contributed by atoms with Crippen LogP contribution in [0, 0.1) is 5.82 Å². The predicted molar refractivity (Wildman–Crippen MR) is 129 cm³/mol. The molecule has 3 atom stereocenters. The van der Waals surface area contributed by atoms with Crippen molar-refractivity contribution in [2.45, 2.75) is 36.6 Å². The Morgan fingerprint density at radius 3 is 2.23 bits per heavy atom. The molecule has 0 fully saturated rings. The minimum Gasteiger partial charge on any atom is -0.481 e. The van der Waals surface area contributed by atoms with Crippen LogP contribution in [0.25, 0.3) is 10.9 Å². The molecule has 3 rings (SSSR count). The van der Waals surface area contributed by atoms with E-state index in [4.69, 9.17) is 0 Å². The first-order valence-corrected chi connectivity index (χ1v) is 11.2. The Bertz CT molecular complexity index is 1230. The van der Waals surface area contributed by atoms with E-state index in [1.165, 1.54) is 24.3 Å². The van der Waals surface area contributed by atoms with E-state index in [-0.39, 0.29) is 12.8 Å². The third-order valence-corrected chi connectivity index (χ3v) is 5.79. The maximum absolute atomic E-state index is 13.1. The third kappa shape index (κ3) is 7.06. The Morgan fingerprint density at radius 2 is 1.57 bits per heavy atom.